The lowest BCUT2D eigenvalue weighted by Crippen LogP contribution is -2.47. The van der Waals surface area contributed by atoms with Crippen molar-refractivity contribution in [2.75, 3.05) is 13.6 Å². The lowest BCUT2D eigenvalue weighted by molar-refractivity contribution is -0.126. The molecule has 1 aliphatic rings. The van der Waals surface area contributed by atoms with Gasteiger partial charge in [-0.05, 0) is 45.2 Å². The first kappa shape index (κ1) is 23.5. The topological polar surface area (TPSA) is 78.7 Å². The van der Waals surface area contributed by atoms with Crippen LogP contribution in [-0.4, -0.2) is 37.5 Å². The van der Waals surface area contributed by atoms with E-state index in [0.29, 0.717) is 0 Å². The molecule has 1 amide bonds. The van der Waals surface area contributed by atoms with E-state index in [1.807, 2.05) is 32.0 Å². The van der Waals surface area contributed by atoms with E-state index in [1.165, 1.54) is 0 Å². The molecule has 0 bridgehead atoms. The first-order chi connectivity index (χ1) is 13.5. The number of benzene rings is 1. The van der Waals surface area contributed by atoms with Crippen LogP contribution in [0.15, 0.2) is 39.7 Å². The molecule has 0 radical (unpaired) electrons. The zero-order valence-corrected chi connectivity index (χ0v) is 19.9. The van der Waals surface area contributed by atoms with Gasteiger partial charge in [0.05, 0.1) is 0 Å². The average molecular weight is 512 g/mol. The molecule has 0 aliphatic heterocycles. The Labute approximate surface area is 190 Å². The van der Waals surface area contributed by atoms with Crippen LogP contribution in [0.25, 0.3) is 11.0 Å². The summed E-state index contributed by atoms with van der Waals surface area (Å²) in [5.41, 5.74) is 0.924. The van der Waals surface area contributed by atoms with Gasteiger partial charge in [-0.25, -0.2) is 0 Å². The maximum atomic E-state index is 12.3. The molecule has 7 heteroatoms. The quantitative estimate of drug-likeness (QED) is 0.312. The summed E-state index contributed by atoms with van der Waals surface area (Å²) >= 11 is 0. The van der Waals surface area contributed by atoms with E-state index in [2.05, 4.69) is 33.1 Å². The fourth-order valence-corrected chi connectivity index (χ4v) is 3.81. The van der Waals surface area contributed by atoms with E-state index in [-0.39, 0.29) is 47.9 Å². The highest BCUT2D eigenvalue weighted by molar-refractivity contribution is 14.0. The van der Waals surface area contributed by atoms with Crippen molar-refractivity contribution in [3.8, 4) is 0 Å². The second-order valence-corrected chi connectivity index (χ2v) is 7.87. The van der Waals surface area contributed by atoms with Gasteiger partial charge < -0.3 is 20.4 Å². The number of halogens is 1. The fourth-order valence-electron chi connectivity index (χ4n) is 3.81. The summed E-state index contributed by atoms with van der Waals surface area (Å²) in [4.78, 5) is 16.7. The molecular weight excluding hydrogens is 479 g/mol. The number of hydrogen-bond donors (Lipinski definition) is 3. The van der Waals surface area contributed by atoms with Gasteiger partial charge in [0.25, 0.3) is 0 Å². The van der Waals surface area contributed by atoms with Crippen LogP contribution in [0.3, 0.4) is 0 Å². The normalized spacial score (nSPS) is 19.7. The third kappa shape index (κ3) is 6.90. The maximum absolute atomic E-state index is 12.3. The number of carbonyl (C=O) groups excluding carboxylic acids is 1. The third-order valence-electron chi connectivity index (χ3n) is 5.18. The van der Waals surface area contributed by atoms with E-state index in [1.54, 1.807) is 7.05 Å². The molecular formula is C22H33IN4O2. The van der Waals surface area contributed by atoms with Crippen LogP contribution in [0.5, 0.6) is 0 Å². The second kappa shape index (κ2) is 11.4. The molecule has 2 unspecified atom stereocenters. The highest BCUT2D eigenvalue weighted by atomic mass is 127. The zero-order chi connectivity index (χ0) is 19.9. The van der Waals surface area contributed by atoms with E-state index in [0.717, 1.165) is 61.3 Å². The van der Waals surface area contributed by atoms with Crippen LogP contribution in [0.1, 0.15) is 45.3 Å². The van der Waals surface area contributed by atoms with Crippen molar-refractivity contribution in [1.29, 1.82) is 0 Å². The Morgan fingerprint density at radius 1 is 1.28 bits per heavy atom. The monoisotopic (exact) mass is 512 g/mol. The van der Waals surface area contributed by atoms with Crippen LogP contribution in [0.4, 0.5) is 0 Å². The highest BCUT2D eigenvalue weighted by Gasteiger charge is 2.27. The van der Waals surface area contributed by atoms with Crippen molar-refractivity contribution in [3.05, 3.63) is 36.1 Å². The minimum Gasteiger partial charge on any atom is -0.461 e. The average Bonchev–Trinajstić information content (AvgIpc) is 3.09. The smallest absolute Gasteiger partial charge is 0.223 e. The lowest BCUT2D eigenvalue weighted by atomic mass is 9.85. The van der Waals surface area contributed by atoms with E-state index < -0.39 is 0 Å². The van der Waals surface area contributed by atoms with Crippen LogP contribution < -0.4 is 16.0 Å². The highest BCUT2D eigenvalue weighted by Crippen LogP contribution is 2.24. The Bertz CT molecular complexity index is 785. The largest absolute Gasteiger partial charge is 0.461 e. The van der Waals surface area contributed by atoms with Crippen molar-refractivity contribution < 1.29 is 9.21 Å². The van der Waals surface area contributed by atoms with Gasteiger partial charge in [-0.3, -0.25) is 9.79 Å². The summed E-state index contributed by atoms with van der Waals surface area (Å²) in [5.74, 6) is 2.01. The van der Waals surface area contributed by atoms with Crippen LogP contribution >= 0.6 is 24.0 Å². The van der Waals surface area contributed by atoms with E-state index in [4.69, 9.17) is 4.42 Å². The minimum atomic E-state index is 0. The summed E-state index contributed by atoms with van der Waals surface area (Å²) in [7, 11) is 1.78. The van der Waals surface area contributed by atoms with Crippen LogP contribution in [0.2, 0.25) is 0 Å². The van der Waals surface area contributed by atoms with Gasteiger partial charge in [-0.15, -0.1) is 24.0 Å². The van der Waals surface area contributed by atoms with Gasteiger partial charge in [0.2, 0.25) is 5.91 Å². The zero-order valence-electron chi connectivity index (χ0n) is 17.5. The number of hydrogen-bond acceptors (Lipinski definition) is 3. The molecule has 1 aromatic carbocycles. The summed E-state index contributed by atoms with van der Waals surface area (Å²) in [6.45, 7) is 4.75. The molecule has 3 rings (SSSR count). The molecule has 0 saturated heterocycles. The molecule has 2 atom stereocenters. The Morgan fingerprint density at radius 3 is 2.79 bits per heavy atom. The predicted molar refractivity (Wildman–Crippen MR) is 129 cm³/mol. The molecule has 160 valence electrons. The van der Waals surface area contributed by atoms with Crippen molar-refractivity contribution in [1.82, 2.24) is 16.0 Å². The third-order valence-corrected chi connectivity index (χ3v) is 5.18. The van der Waals surface area contributed by atoms with Crippen molar-refractivity contribution >= 4 is 46.8 Å². The van der Waals surface area contributed by atoms with E-state index in [9.17, 15) is 4.79 Å². The fraction of sp³-hybridized carbons (Fsp3) is 0.545. The number of carbonyl (C=O) groups is 1. The van der Waals surface area contributed by atoms with Gasteiger partial charge in [-0.2, -0.15) is 0 Å². The Balaban J connectivity index is 0.00000300. The number of furan rings is 1. The Kier molecular flexibility index (Phi) is 9.26. The van der Waals surface area contributed by atoms with Crippen LogP contribution in [-0.2, 0) is 11.2 Å². The Hall–Kier alpha value is -1.77. The summed E-state index contributed by atoms with van der Waals surface area (Å²) in [6.07, 6.45) is 4.73. The number of para-hydroxylation sites is 1. The number of guanidine groups is 1. The molecule has 1 saturated carbocycles. The predicted octanol–water partition coefficient (Wildman–Crippen LogP) is 3.84. The molecule has 3 N–H and O–H groups in total. The standard InChI is InChI=1S/C22H32N4O2.HI/c1-15(2)25-21(27)17-8-6-9-18(13-17)26-22(23-3)24-12-11-19-14-16-7-4-5-10-20(16)28-19;/h4-5,7,10,14-15,17-18H,6,8-9,11-13H2,1-3H3,(H,25,27)(H2,23,24,26);1H. The van der Waals surface area contributed by atoms with Gasteiger partial charge in [0, 0.05) is 43.4 Å². The number of fused-ring (bicyclic) bond motifs is 1. The molecule has 1 heterocycles. The summed E-state index contributed by atoms with van der Waals surface area (Å²) < 4.78 is 5.86. The second-order valence-electron chi connectivity index (χ2n) is 7.87. The number of nitrogens with zero attached hydrogens (tertiary/aromatic N) is 1. The minimum absolute atomic E-state index is 0. The number of aliphatic imine (C=N–C) groups is 1. The van der Waals surface area contributed by atoms with Crippen molar-refractivity contribution in [2.45, 2.75) is 58.0 Å². The van der Waals surface area contributed by atoms with Crippen molar-refractivity contribution in [2.24, 2.45) is 10.9 Å². The molecule has 1 aliphatic carbocycles. The van der Waals surface area contributed by atoms with Gasteiger partial charge in [-0.1, -0.05) is 24.6 Å². The first-order valence-corrected chi connectivity index (χ1v) is 10.3. The SMILES string of the molecule is CN=C(NCCc1cc2ccccc2o1)NC1CCCC(C(=O)NC(C)C)C1.I. The number of amides is 1. The first-order valence-electron chi connectivity index (χ1n) is 10.3. The van der Waals surface area contributed by atoms with Gasteiger partial charge in [0.1, 0.15) is 11.3 Å². The number of rotatable bonds is 6. The molecule has 6 nitrogen and oxygen atoms in total. The van der Waals surface area contributed by atoms with E-state index >= 15 is 0 Å². The Morgan fingerprint density at radius 2 is 2.07 bits per heavy atom. The molecule has 1 aromatic heterocycles. The molecule has 29 heavy (non-hydrogen) atoms. The van der Waals surface area contributed by atoms with Crippen LogP contribution in [0, 0.1) is 5.92 Å². The molecule has 2 aromatic rings. The molecule has 1 fully saturated rings. The van der Waals surface area contributed by atoms with Gasteiger partial charge >= 0.3 is 0 Å². The summed E-state index contributed by atoms with van der Waals surface area (Å²) in [6, 6.07) is 10.6. The molecule has 0 spiro atoms. The summed E-state index contributed by atoms with van der Waals surface area (Å²) in [5, 5.41) is 11.0. The number of nitrogens with one attached hydrogen (secondary N) is 3. The van der Waals surface area contributed by atoms with Gasteiger partial charge in [0.15, 0.2) is 5.96 Å². The lowest BCUT2D eigenvalue weighted by Gasteiger charge is -2.30. The maximum Gasteiger partial charge on any atom is 0.223 e. The van der Waals surface area contributed by atoms with Crippen molar-refractivity contribution in [3.63, 3.8) is 0 Å².